The molecule has 0 aliphatic rings. The van der Waals surface area contributed by atoms with E-state index in [0.29, 0.717) is 5.52 Å². The van der Waals surface area contributed by atoms with Gasteiger partial charge in [-0.05, 0) is 18.2 Å². The SMILES string of the molecule is O=c1c2cc([N+](=O)[O-])ccc2ncn1Cc1nc2ccccc2n1C(F)F. The summed E-state index contributed by atoms with van der Waals surface area (Å²) in [4.78, 5) is 31.3. The van der Waals surface area contributed by atoms with Crippen LogP contribution >= 0.6 is 0 Å². The predicted molar refractivity (Wildman–Crippen MR) is 92.7 cm³/mol. The van der Waals surface area contributed by atoms with E-state index in [4.69, 9.17) is 0 Å². The van der Waals surface area contributed by atoms with Gasteiger partial charge in [0.05, 0.1) is 39.7 Å². The first-order chi connectivity index (χ1) is 13.0. The molecular weight excluding hydrogens is 360 g/mol. The van der Waals surface area contributed by atoms with E-state index in [1.807, 2.05) is 0 Å². The van der Waals surface area contributed by atoms with Gasteiger partial charge in [0.1, 0.15) is 5.82 Å². The minimum absolute atomic E-state index is 0.0140. The van der Waals surface area contributed by atoms with Crippen LogP contribution in [0.3, 0.4) is 0 Å². The first kappa shape index (κ1) is 16.8. The molecule has 8 nitrogen and oxygen atoms in total. The highest BCUT2D eigenvalue weighted by atomic mass is 19.3. The summed E-state index contributed by atoms with van der Waals surface area (Å²) >= 11 is 0. The largest absolute Gasteiger partial charge is 0.320 e. The van der Waals surface area contributed by atoms with Crippen molar-refractivity contribution in [2.45, 2.75) is 13.1 Å². The molecule has 0 saturated carbocycles. The number of benzene rings is 2. The summed E-state index contributed by atoms with van der Waals surface area (Å²) in [5.74, 6) is -0.0140. The Bertz CT molecular complexity index is 1250. The molecule has 2 aromatic carbocycles. The van der Waals surface area contributed by atoms with Crippen molar-refractivity contribution in [3.63, 3.8) is 0 Å². The zero-order valence-corrected chi connectivity index (χ0v) is 13.6. The van der Waals surface area contributed by atoms with Crippen LogP contribution in [0.15, 0.2) is 53.6 Å². The Balaban J connectivity index is 1.86. The van der Waals surface area contributed by atoms with Crippen LogP contribution in [0.5, 0.6) is 0 Å². The molecule has 0 amide bonds. The molecule has 0 spiro atoms. The number of fused-ring (bicyclic) bond motifs is 2. The molecule has 27 heavy (non-hydrogen) atoms. The average Bonchev–Trinajstić information content (AvgIpc) is 3.02. The van der Waals surface area contributed by atoms with Gasteiger partial charge in [-0.1, -0.05) is 12.1 Å². The predicted octanol–water partition coefficient (Wildman–Crippen LogP) is 3.10. The van der Waals surface area contributed by atoms with Gasteiger partial charge < -0.3 is 0 Å². The third kappa shape index (κ3) is 2.80. The number of nitro groups is 1. The van der Waals surface area contributed by atoms with Gasteiger partial charge in [-0.25, -0.2) is 9.97 Å². The molecule has 0 radical (unpaired) electrons. The number of hydrogen-bond acceptors (Lipinski definition) is 5. The van der Waals surface area contributed by atoms with E-state index >= 15 is 0 Å². The average molecular weight is 371 g/mol. The molecule has 0 N–H and O–H groups in total. The van der Waals surface area contributed by atoms with Crippen molar-refractivity contribution < 1.29 is 13.7 Å². The van der Waals surface area contributed by atoms with Crippen LogP contribution in [0.4, 0.5) is 14.5 Å². The number of para-hydroxylation sites is 2. The number of hydrogen-bond donors (Lipinski definition) is 0. The zero-order valence-electron chi connectivity index (χ0n) is 13.6. The Hall–Kier alpha value is -3.69. The number of aromatic nitrogens is 4. The highest BCUT2D eigenvalue weighted by molar-refractivity contribution is 5.80. The first-order valence-electron chi connectivity index (χ1n) is 7.83. The fourth-order valence-electron chi connectivity index (χ4n) is 2.95. The standard InChI is InChI=1S/C17H11F2N5O3/c18-17(19)23-14-4-2-1-3-13(14)21-15(23)8-22-9-20-12-6-5-10(24(26)27)7-11(12)16(22)25/h1-7,9,17H,8H2. The zero-order chi connectivity index (χ0) is 19.1. The lowest BCUT2D eigenvalue weighted by Gasteiger charge is -2.09. The van der Waals surface area contributed by atoms with Gasteiger partial charge in [0, 0.05) is 12.1 Å². The lowest BCUT2D eigenvalue weighted by Crippen LogP contribution is -2.23. The summed E-state index contributed by atoms with van der Waals surface area (Å²) in [6, 6.07) is 10.2. The maximum atomic E-state index is 13.5. The molecule has 0 saturated heterocycles. The van der Waals surface area contributed by atoms with Gasteiger partial charge in [0.25, 0.3) is 11.2 Å². The molecule has 2 aromatic heterocycles. The number of imidazole rings is 1. The number of non-ortho nitro benzene ring substituents is 1. The summed E-state index contributed by atoms with van der Waals surface area (Å²) < 4.78 is 28.9. The van der Waals surface area contributed by atoms with E-state index in [9.17, 15) is 23.7 Å². The van der Waals surface area contributed by atoms with E-state index < -0.39 is 17.0 Å². The molecular formula is C17H11F2N5O3. The Morgan fingerprint density at radius 3 is 2.67 bits per heavy atom. The summed E-state index contributed by atoms with van der Waals surface area (Å²) in [7, 11) is 0. The van der Waals surface area contributed by atoms with Crippen molar-refractivity contribution in [1.82, 2.24) is 19.1 Å². The third-order valence-electron chi connectivity index (χ3n) is 4.19. The van der Waals surface area contributed by atoms with E-state index in [1.165, 1.54) is 24.5 Å². The maximum Gasteiger partial charge on any atom is 0.320 e. The number of rotatable bonds is 4. The smallest absolute Gasteiger partial charge is 0.291 e. The van der Waals surface area contributed by atoms with Crippen molar-refractivity contribution >= 4 is 27.6 Å². The van der Waals surface area contributed by atoms with Gasteiger partial charge >= 0.3 is 6.55 Å². The first-order valence-corrected chi connectivity index (χ1v) is 7.83. The van der Waals surface area contributed by atoms with Crippen molar-refractivity contribution in [2.24, 2.45) is 0 Å². The highest BCUT2D eigenvalue weighted by Crippen LogP contribution is 2.23. The van der Waals surface area contributed by atoms with Crippen molar-refractivity contribution in [1.29, 1.82) is 0 Å². The van der Waals surface area contributed by atoms with Crippen LogP contribution in [0.25, 0.3) is 21.9 Å². The van der Waals surface area contributed by atoms with E-state index in [0.717, 1.165) is 15.2 Å². The lowest BCUT2D eigenvalue weighted by molar-refractivity contribution is -0.384. The fourth-order valence-corrected chi connectivity index (χ4v) is 2.95. The molecule has 0 aliphatic carbocycles. The topological polar surface area (TPSA) is 95.8 Å². The van der Waals surface area contributed by atoms with Crippen molar-refractivity contribution in [3.8, 4) is 0 Å². The van der Waals surface area contributed by atoms with Crippen LogP contribution in [0.2, 0.25) is 0 Å². The van der Waals surface area contributed by atoms with E-state index in [-0.39, 0.29) is 34.5 Å². The minimum Gasteiger partial charge on any atom is -0.291 e. The molecule has 136 valence electrons. The van der Waals surface area contributed by atoms with Crippen molar-refractivity contribution in [3.05, 3.63) is 75.1 Å². The second-order valence-electron chi connectivity index (χ2n) is 5.80. The monoisotopic (exact) mass is 371 g/mol. The summed E-state index contributed by atoms with van der Waals surface area (Å²) in [6.45, 7) is -3.08. The molecule has 0 fully saturated rings. The highest BCUT2D eigenvalue weighted by Gasteiger charge is 2.19. The van der Waals surface area contributed by atoms with Crippen LogP contribution in [0.1, 0.15) is 12.4 Å². The van der Waals surface area contributed by atoms with Crippen LogP contribution in [0, 0.1) is 10.1 Å². The number of alkyl halides is 2. The summed E-state index contributed by atoms with van der Waals surface area (Å²) in [5.41, 5.74) is 0.0879. The van der Waals surface area contributed by atoms with E-state index in [1.54, 1.807) is 18.2 Å². The Morgan fingerprint density at radius 2 is 1.93 bits per heavy atom. The van der Waals surface area contributed by atoms with Gasteiger partial charge in [-0.15, -0.1) is 0 Å². The van der Waals surface area contributed by atoms with E-state index in [2.05, 4.69) is 9.97 Å². The van der Waals surface area contributed by atoms with Crippen molar-refractivity contribution in [2.75, 3.05) is 0 Å². The molecule has 0 atom stereocenters. The molecule has 0 bridgehead atoms. The second-order valence-corrected chi connectivity index (χ2v) is 5.80. The lowest BCUT2D eigenvalue weighted by atomic mass is 10.2. The quantitative estimate of drug-likeness (QED) is 0.406. The fraction of sp³-hybridized carbons (Fsp3) is 0.118. The molecule has 0 aliphatic heterocycles. The third-order valence-corrected chi connectivity index (χ3v) is 4.19. The van der Waals surface area contributed by atoms with Crippen LogP contribution in [-0.4, -0.2) is 24.0 Å². The van der Waals surface area contributed by atoms with Gasteiger partial charge in [-0.3, -0.25) is 24.0 Å². The molecule has 2 heterocycles. The van der Waals surface area contributed by atoms with Crippen LogP contribution in [-0.2, 0) is 6.54 Å². The van der Waals surface area contributed by atoms with Gasteiger partial charge in [-0.2, -0.15) is 8.78 Å². The molecule has 10 heteroatoms. The minimum atomic E-state index is -2.84. The number of nitro benzene ring substituents is 1. The second kappa shape index (κ2) is 6.24. The van der Waals surface area contributed by atoms with Gasteiger partial charge in [0.15, 0.2) is 0 Å². The number of halogens is 2. The van der Waals surface area contributed by atoms with Gasteiger partial charge in [0.2, 0.25) is 0 Å². The number of nitrogens with zero attached hydrogens (tertiary/aromatic N) is 5. The summed E-state index contributed by atoms with van der Waals surface area (Å²) in [6.07, 6.45) is 1.21. The molecule has 4 aromatic rings. The Morgan fingerprint density at radius 1 is 1.15 bits per heavy atom. The normalized spacial score (nSPS) is 11.5. The molecule has 4 rings (SSSR count). The summed E-state index contributed by atoms with van der Waals surface area (Å²) in [5, 5.41) is 11.0. The Labute approximate surface area is 149 Å². The molecule has 0 unspecified atom stereocenters. The maximum absolute atomic E-state index is 13.5. The Kier molecular flexibility index (Phi) is 3.87. The van der Waals surface area contributed by atoms with Crippen LogP contribution < -0.4 is 5.56 Å².